The number of hydrogen-bond acceptors (Lipinski definition) is 14. The number of nitrogens with one attached hydrogen (secondary N) is 6. The number of hydrogen-bond donors (Lipinski definition) is 7. The van der Waals surface area contributed by atoms with Crippen molar-refractivity contribution in [2.45, 2.75) is 180 Å². The monoisotopic (exact) mass is 1320 g/mol. The van der Waals surface area contributed by atoms with E-state index in [0.29, 0.717) is 37.9 Å². The van der Waals surface area contributed by atoms with Crippen LogP contribution in [0.1, 0.15) is 152 Å². The van der Waals surface area contributed by atoms with E-state index in [1.807, 2.05) is 80.6 Å². The van der Waals surface area contributed by atoms with Crippen molar-refractivity contribution in [2.75, 3.05) is 26.2 Å². The van der Waals surface area contributed by atoms with Crippen LogP contribution < -0.4 is 61.9 Å². The maximum atomic E-state index is 14.3. The van der Waals surface area contributed by atoms with Gasteiger partial charge in [0.25, 0.3) is 0 Å². The average Bonchev–Trinajstić information content (AvgIpc) is 1.59. The van der Waals surface area contributed by atoms with Crippen molar-refractivity contribution < 1.29 is 86.9 Å². The van der Waals surface area contributed by atoms with Crippen molar-refractivity contribution in [2.24, 2.45) is 45.0 Å². The van der Waals surface area contributed by atoms with Crippen molar-refractivity contribution >= 4 is 53.1 Å². The van der Waals surface area contributed by atoms with Crippen LogP contribution in [0.5, 0.6) is 0 Å². The van der Waals surface area contributed by atoms with Gasteiger partial charge in [-0.1, -0.05) is 137 Å². The first-order valence-corrected chi connectivity index (χ1v) is 33.1. The number of ketones is 2. The van der Waals surface area contributed by atoms with E-state index in [1.165, 1.54) is 11.0 Å². The Kier molecular flexibility index (Phi) is 28.6. The molecular weight excluding hydrogens is 1230 g/mol. The number of hydrazine groups is 1. The number of aliphatic hydroxyl groups is 1. The van der Waals surface area contributed by atoms with Gasteiger partial charge < -0.3 is 52.0 Å². The minimum atomic E-state index is -0.964. The Morgan fingerprint density at radius 1 is 0.642 bits per heavy atom. The fourth-order valence-electron chi connectivity index (χ4n) is 13.5. The molecule has 5 heterocycles. The molecule has 26 heteroatoms. The number of benzene rings is 3. The van der Waals surface area contributed by atoms with Crippen molar-refractivity contribution in [3.8, 4) is 0 Å². The maximum Gasteiger partial charge on any atom is 1.00 e. The third-order valence-electron chi connectivity index (χ3n) is 19.1. The molecule has 0 spiro atoms. The first-order chi connectivity index (χ1) is 45.4. The van der Waals surface area contributed by atoms with E-state index in [1.54, 1.807) is 33.0 Å². The van der Waals surface area contributed by atoms with Gasteiger partial charge in [-0.15, -0.1) is 4.91 Å². The van der Waals surface area contributed by atoms with E-state index in [9.17, 15) is 52.6 Å². The van der Waals surface area contributed by atoms with E-state index in [4.69, 9.17) is 15.2 Å². The number of carbonyl (C=O) groups excluding carboxylic acids is 9. The smallest absolute Gasteiger partial charge is 0.444 e. The fourth-order valence-corrected chi connectivity index (χ4v) is 13.5. The summed E-state index contributed by atoms with van der Waals surface area (Å²) in [6.07, 6.45) is 16.9. The number of allylic oxidation sites excluding steroid dienone is 4. The van der Waals surface area contributed by atoms with Gasteiger partial charge in [0.05, 0.1) is 47.4 Å². The van der Waals surface area contributed by atoms with Gasteiger partial charge in [0.1, 0.15) is 11.9 Å². The van der Waals surface area contributed by atoms with E-state index in [0.717, 1.165) is 74.5 Å². The molecule has 506 valence electrons. The number of nitrogens with zero attached hydrogens (tertiary/aromatic N) is 6. The Morgan fingerprint density at radius 3 is 1.63 bits per heavy atom. The number of halogens is 1. The molecule has 2 aliphatic carbocycles. The number of Topliss-reactive ketones (excluding diaryl/α,β-unsaturated/α-hetero) is 2. The van der Waals surface area contributed by atoms with Gasteiger partial charge in [-0.05, 0) is 86.0 Å². The van der Waals surface area contributed by atoms with Crippen molar-refractivity contribution in [3.63, 3.8) is 0 Å². The van der Waals surface area contributed by atoms with Crippen LogP contribution in [0, 0.1) is 45.2 Å². The van der Waals surface area contributed by atoms with Crippen molar-refractivity contribution in [1.29, 1.82) is 0 Å². The molecule has 10 atom stereocenters. The third-order valence-corrected chi connectivity index (χ3v) is 19.1. The molecule has 3 aromatic rings. The number of nitroso groups, excluding NO2 is 1. The third kappa shape index (κ3) is 20.9. The molecule has 0 unspecified atom stereocenters. The molecule has 4 fully saturated rings. The van der Waals surface area contributed by atoms with E-state index in [-0.39, 0.29) is 184 Å². The van der Waals surface area contributed by atoms with Crippen LogP contribution in [0.3, 0.4) is 0 Å². The Bertz CT molecular complexity index is 3230. The second-order valence-electron chi connectivity index (χ2n) is 26.0. The Morgan fingerprint density at radius 2 is 1.15 bits per heavy atom. The Labute approximate surface area is 576 Å². The van der Waals surface area contributed by atoms with Crippen LogP contribution in [-0.2, 0) is 69.3 Å². The minimum absolute atomic E-state index is 0. The molecule has 2 saturated heterocycles. The van der Waals surface area contributed by atoms with Gasteiger partial charge in [-0.3, -0.25) is 48.5 Å². The summed E-state index contributed by atoms with van der Waals surface area (Å²) in [6.45, 7) is 5.50. The zero-order chi connectivity index (χ0) is 67.2. The topological polar surface area (TPSA) is 329 Å². The molecule has 7 amide bonds. The molecule has 10 rings (SSSR count). The number of fused-ring (bicyclic) bond motifs is 5. The number of rotatable bonds is 16. The van der Waals surface area contributed by atoms with Crippen molar-refractivity contribution in [1.82, 2.24) is 47.0 Å². The van der Waals surface area contributed by atoms with Gasteiger partial charge in [-0.2, -0.15) is 0 Å². The number of ether oxygens (including phenoxy) is 1. The molecule has 0 bridgehead atoms. The normalized spacial score (nSPS) is 27.1. The Hall–Kier alpha value is -7.74. The van der Waals surface area contributed by atoms with Crippen LogP contribution in [0.2, 0.25) is 0 Å². The summed E-state index contributed by atoms with van der Waals surface area (Å²) in [7, 11) is 0. The SMILES string of the molecule is C[C@H]1CCCCC/C=C\[C@@H]2C[C@@]2(C(=O)NCCC(=O)NCc2ccccc2)CC(=O)[C@@H]2C[C@@H](O)CN2C1=O.C[C@H]1CCCCC/C=C\[C@@H]2C[C@@]2(C(=O)NCCC(=O)NCc2ccccc2)CC(=O)[C@@H]2C[C@@H](OC(=O)N3Cc4cccc(F)c4C3)CN2C1=O.[N-]=NNNN=O.[Na+]. The largest absolute Gasteiger partial charge is 1.00 e. The van der Waals surface area contributed by atoms with Gasteiger partial charge >= 0.3 is 35.7 Å². The summed E-state index contributed by atoms with van der Waals surface area (Å²) < 4.78 is 20.2. The first kappa shape index (κ1) is 74.7. The summed E-state index contributed by atoms with van der Waals surface area (Å²) in [4.78, 5) is 133. The summed E-state index contributed by atoms with van der Waals surface area (Å²) in [5.74, 6) is -2.51. The summed E-state index contributed by atoms with van der Waals surface area (Å²) >= 11 is 0. The van der Waals surface area contributed by atoms with Crippen LogP contribution >= 0.6 is 0 Å². The first-order valence-electron chi connectivity index (χ1n) is 33.1. The molecular formula is C69H90FN12NaO12. The average molecular weight is 1320 g/mol. The predicted molar refractivity (Wildman–Crippen MR) is 345 cm³/mol. The zero-order valence-corrected chi connectivity index (χ0v) is 56.8. The van der Waals surface area contributed by atoms with Gasteiger partial charge in [0, 0.05) is 95.2 Å². The van der Waals surface area contributed by atoms with Gasteiger partial charge in [0.15, 0.2) is 11.6 Å². The molecule has 7 aliphatic rings. The van der Waals surface area contributed by atoms with Crippen LogP contribution in [0.15, 0.2) is 114 Å². The summed E-state index contributed by atoms with van der Waals surface area (Å²) in [5, 5.41) is 26.2. The zero-order valence-electron chi connectivity index (χ0n) is 54.8. The number of carbonyl (C=O) groups is 9. The molecule has 3 aromatic carbocycles. The Balaban J connectivity index is 0.000000252. The van der Waals surface area contributed by atoms with E-state index >= 15 is 0 Å². The second-order valence-corrected chi connectivity index (χ2v) is 26.0. The van der Waals surface area contributed by atoms with E-state index < -0.39 is 41.2 Å². The second kappa shape index (κ2) is 36.4. The molecule has 7 N–H and O–H groups in total. The quantitative estimate of drug-likeness (QED) is 0.0253. The van der Waals surface area contributed by atoms with Crippen LogP contribution in [-0.4, -0.2) is 123 Å². The minimum Gasteiger partial charge on any atom is -0.444 e. The predicted octanol–water partition coefficient (Wildman–Crippen LogP) is 4.79. The molecule has 0 aromatic heterocycles. The van der Waals surface area contributed by atoms with Crippen molar-refractivity contribution in [3.05, 3.63) is 142 Å². The maximum absolute atomic E-state index is 14.3. The van der Waals surface area contributed by atoms with Gasteiger partial charge in [-0.25, -0.2) is 14.7 Å². The molecule has 5 aliphatic heterocycles. The van der Waals surface area contributed by atoms with Crippen LogP contribution in [0.4, 0.5) is 9.18 Å². The molecule has 24 nitrogen and oxygen atoms in total. The molecule has 2 saturated carbocycles. The molecule has 0 radical (unpaired) electrons. The summed E-state index contributed by atoms with van der Waals surface area (Å²) in [5.41, 5.74) is 12.1. The number of amides is 7. The number of aliphatic hydroxyl groups excluding tert-OH is 1. The van der Waals surface area contributed by atoms with E-state index in [2.05, 4.69) is 50.0 Å². The molecule has 95 heavy (non-hydrogen) atoms. The van der Waals surface area contributed by atoms with Gasteiger partial charge in [0.2, 0.25) is 35.4 Å². The standard InChI is InChI=1S/C39H47FN4O6.C30H41N3O5.H2N5O.Na/c1-26-11-6-3-2-4-9-15-29-20-39(29,37(48)41-18-17-35(46)42-22-27-12-7-5-8-13-27)21-34(45)33-19-30(24-44(33)36(26)47)50-38(49)43-23-28-14-10-16-32(40)31(28)25-43;1-21-10-6-3-2-4-9-13-23-17-30(23,18-26(35)25-16-24(34)20-33(25)28(21)37)29(38)31-15-14-27(36)32-19-22-11-7-5-8-12-22;1-2-3-4-5-6;/h5,7-10,12-16,26,29-30,33H,2-4,6,11,17-25H2,1H3,(H,41,48)(H,42,46);5,7-9,11-13,21,23-25,34H,2-4,6,10,14-20H2,1H3,(H,31,38)(H,32,36);(H2-,1,2,3,4,5,6);/q;;-1;+1/b15-9-;13-9-;;/t26-,29+,30+,33-,39+;21-,23+,24+,25-,30+;;/m00../s1. The van der Waals surface area contributed by atoms with Crippen LogP contribution in [0.25, 0.3) is 5.53 Å². The summed E-state index contributed by atoms with van der Waals surface area (Å²) in [6, 6.07) is 22.4. The fraction of sp³-hybridized carbons (Fsp3) is 0.551.